The molecule has 1 heterocycles. The Morgan fingerprint density at radius 2 is 2.00 bits per heavy atom. The van der Waals surface area contributed by atoms with E-state index in [2.05, 4.69) is 9.78 Å². The van der Waals surface area contributed by atoms with E-state index in [1.54, 1.807) is 0 Å². The summed E-state index contributed by atoms with van der Waals surface area (Å²) in [7, 11) is 0. The number of hydrogen-bond acceptors (Lipinski definition) is 8. The van der Waals surface area contributed by atoms with Crippen molar-refractivity contribution < 1.29 is 19.9 Å². The predicted octanol–water partition coefficient (Wildman–Crippen LogP) is -0.933. The van der Waals surface area contributed by atoms with Crippen LogP contribution >= 0.6 is 0 Å². The first kappa shape index (κ1) is 11.4. The fourth-order valence-corrected chi connectivity index (χ4v) is 1.36. The molecule has 0 radical (unpaired) electrons. The predicted molar refractivity (Wildman–Crippen MR) is 43.9 cm³/mol. The molecule has 1 rings (SSSR count). The van der Waals surface area contributed by atoms with Gasteiger partial charge in [0, 0.05) is 12.6 Å². The van der Waals surface area contributed by atoms with Crippen molar-refractivity contribution in [2.24, 2.45) is 5.73 Å². The Labute approximate surface area is 83.7 Å². The maximum Gasteiger partial charge on any atom is 0.312 e. The SMILES string of the molecule is NC1CCCN(O[N+](=O)[O-])C1O[N+](=O)[O-]. The molecule has 2 N–H and O–H groups in total. The molecule has 1 fully saturated rings. The van der Waals surface area contributed by atoms with Crippen LogP contribution in [0.2, 0.25) is 0 Å². The van der Waals surface area contributed by atoms with Crippen LogP contribution in [-0.2, 0) is 9.78 Å². The van der Waals surface area contributed by atoms with E-state index < -0.39 is 22.4 Å². The van der Waals surface area contributed by atoms with Crippen molar-refractivity contribution in [1.82, 2.24) is 5.06 Å². The normalized spacial score (nSPS) is 27.0. The molecule has 0 aromatic carbocycles. The Hall–Kier alpha value is -1.68. The summed E-state index contributed by atoms with van der Waals surface area (Å²) >= 11 is 0. The van der Waals surface area contributed by atoms with Crippen molar-refractivity contribution in [2.45, 2.75) is 25.1 Å². The van der Waals surface area contributed by atoms with Gasteiger partial charge in [0.25, 0.3) is 5.09 Å². The number of piperidine rings is 1. The van der Waals surface area contributed by atoms with Crippen LogP contribution in [0.5, 0.6) is 0 Å². The van der Waals surface area contributed by atoms with Crippen molar-refractivity contribution in [3.63, 3.8) is 0 Å². The summed E-state index contributed by atoms with van der Waals surface area (Å²) in [5.41, 5.74) is 5.52. The van der Waals surface area contributed by atoms with Crippen LogP contribution in [0.15, 0.2) is 0 Å². The van der Waals surface area contributed by atoms with Crippen molar-refractivity contribution in [2.75, 3.05) is 6.54 Å². The van der Waals surface area contributed by atoms with Gasteiger partial charge in [-0.2, -0.15) is 0 Å². The van der Waals surface area contributed by atoms with Crippen molar-refractivity contribution in [1.29, 1.82) is 0 Å². The Morgan fingerprint density at radius 1 is 1.33 bits per heavy atom. The first-order valence-electron chi connectivity index (χ1n) is 4.16. The monoisotopic (exact) mass is 222 g/mol. The molecule has 2 atom stereocenters. The Morgan fingerprint density at radius 3 is 2.53 bits per heavy atom. The van der Waals surface area contributed by atoms with Crippen molar-refractivity contribution >= 4 is 0 Å². The van der Waals surface area contributed by atoms with Gasteiger partial charge < -0.3 is 5.73 Å². The van der Waals surface area contributed by atoms with Crippen LogP contribution in [0.3, 0.4) is 0 Å². The molecule has 10 nitrogen and oxygen atoms in total. The van der Waals surface area contributed by atoms with E-state index >= 15 is 0 Å². The van der Waals surface area contributed by atoms with Gasteiger partial charge in [-0.1, -0.05) is 0 Å². The van der Waals surface area contributed by atoms with Gasteiger partial charge in [-0.15, -0.1) is 25.3 Å². The van der Waals surface area contributed by atoms with E-state index in [0.717, 1.165) is 5.06 Å². The van der Waals surface area contributed by atoms with Crippen molar-refractivity contribution in [3.8, 4) is 0 Å². The molecule has 0 aromatic heterocycles. The molecule has 0 saturated carbocycles. The van der Waals surface area contributed by atoms with Gasteiger partial charge in [-0.3, -0.25) is 4.84 Å². The van der Waals surface area contributed by atoms with E-state index in [1.165, 1.54) is 0 Å². The topological polar surface area (TPSA) is 134 Å². The van der Waals surface area contributed by atoms with Crippen molar-refractivity contribution in [3.05, 3.63) is 20.2 Å². The second-order valence-electron chi connectivity index (χ2n) is 2.97. The van der Waals surface area contributed by atoms with E-state index in [4.69, 9.17) is 5.73 Å². The van der Waals surface area contributed by atoms with Crippen LogP contribution in [-0.4, -0.2) is 34.1 Å². The highest BCUT2D eigenvalue weighted by atomic mass is 17.0. The quantitative estimate of drug-likeness (QED) is 0.476. The van der Waals surface area contributed by atoms with Gasteiger partial charge in [0.15, 0.2) is 6.23 Å². The van der Waals surface area contributed by atoms with Gasteiger partial charge in [-0.05, 0) is 12.8 Å². The van der Waals surface area contributed by atoms with Crippen LogP contribution in [0.4, 0.5) is 0 Å². The Bertz CT molecular complexity index is 260. The van der Waals surface area contributed by atoms with E-state index in [1.807, 2.05) is 0 Å². The maximum atomic E-state index is 10.1. The van der Waals surface area contributed by atoms with Gasteiger partial charge in [-0.25, -0.2) is 4.94 Å². The zero-order valence-electron chi connectivity index (χ0n) is 7.64. The third-order valence-corrected chi connectivity index (χ3v) is 1.93. The second kappa shape index (κ2) is 4.70. The molecule has 2 unspecified atom stereocenters. The van der Waals surface area contributed by atoms with Gasteiger partial charge in [0.1, 0.15) is 0 Å². The molecular formula is C5H10N4O6. The van der Waals surface area contributed by atoms with Crippen LogP contribution in [0.1, 0.15) is 12.8 Å². The zero-order valence-corrected chi connectivity index (χ0v) is 7.64. The number of nitrogens with two attached hydrogens (primary N) is 1. The van der Waals surface area contributed by atoms with Crippen LogP contribution < -0.4 is 5.73 Å². The van der Waals surface area contributed by atoms with Crippen LogP contribution in [0.25, 0.3) is 0 Å². The average molecular weight is 222 g/mol. The molecule has 0 aliphatic carbocycles. The van der Waals surface area contributed by atoms with E-state index in [0.29, 0.717) is 12.8 Å². The lowest BCUT2D eigenvalue weighted by Crippen LogP contribution is -2.54. The summed E-state index contributed by atoms with van der Waals surface area (Å²) in [4.78, 5) is 28.5. The minimum Gasteiger partial charge on any atom is -0.325 e. The first-order chi connectivity index (χ1) is 7.00. The number of rotatable bonds is 4. The highest BCUT2D eigenvalue weighted by Crippen LogP contribution is 2.17. The molecule has 0 spiro atoms. The van der Waals surface area contributed by atoms with Gasteiger partial charge >= 0.3 is 5.09 Å². The molecule has 1 aliphatic heterocycles. The lowest BCUT2D eigenvalue weighted by Gasteiger charge is -2.34. The highest BCUT2D eigenvalue weighted by Gasteiger charge is 2.34. The van der Waals surface area contributed by atoms with E-state index in [9.17, 15) is 20.2 Å². The number of hydrogen-bond donors (Lipinski definition) is 1. The molecule has 15 heavy (non-hydrogen) atoms. The molecule has 0 bridgehead atoms. The molecule has 0 aromatic rings. The Kier molecular flexibility index (Phi) is 3.57. The van der Waals surface area contributed by atoms with E-state index in [-0.39, 0.29) is 6.54 Å². The molecule has 1 saturated heterocycles. The summed E-state index contributed by atoms with van der Waals surface area (Å²) in [5, 5.41) is 18.9. The standard InChI is InChI=1S/C5H10N4O6/c6-4-2-1-3-7(15-9(12)13)5(4)14-8(10)11/h4-5H,1-3,6H2. The number of nitrogens with zero attached hydrogens (tertiary/aromatic N) is 3. The lowest BCUT2D eigenvalue weighted by molar-refractivity contribution is -0.841. The molecule has 86 valence electrons. The summed E-state index contributed by atoms with van der Waals surface area (Å²) < 4.78 is 0. The maximum absolute atomic E-state index is 10.1. The third-order valence-electron chi connectivity index (χ3n) is 1.93. The first-order valence-corrected chi connectivity index (χ1v) is 4.16. The summed E-state index contributed by atoms with van der Waals surface area (Å²) in [6.45, 7) is 0.160. The molecular weight excluding hydrogens is 212 g/mol. The fourth-order valence-electron chi connectivity index (χ4n) is 1.36. The zero-order chi connectivity index (χ0) is 11.4. The highest BCUT2D eigenvalue weighted by molar-refractivity contribution is 4.75. The summed E-state index contributed by atoms with van der Waals surface area (Å²) in [6, 6.07) is -0.691. The lowest BCUT2D eigenvalue weighted by atomic mass is 10.1. The summed E-state index contributed by atoms with van der Waals surface area (Å²) in [6.07, 6.45) is -0.206. The van der Waals surface area contributed by atoms with Crippen LogP contribution in [0, 0.1) is 20.2 Å². The summed E-state index contributed by atoms with van der Waals surface area (Å²) in [5.74, 6) is 0. The molecule has 0 amide bonds. The molecule has 10 heteroatoms. The Balaban J connectivity index is 2.63. The minimum absolute atomic E-state index is 0.160. The van der Waals surface area contributed by atoms with Gasteiger partial charge in [0.05, 0.1) is 0 Å². The third kappa shape index (κ3) is 3.18. The second-order valence-corrected chi connectivity index (χ2v) is 2.97. The minimum atomic E-state index is -1.24. The molecule has 1 aliphatic rings. The number of hydroxylamine groups is 2. The fraction of sp³-hybridized carbons (Fsp3) is 1.00. The smallest absolute Gasteiger partial charge is 0.312 e. The largest absolute Gasteiger partial charge is 0.325 e. The average Bonchev–Trinajstić information content (AvgIpc) is 2.09. The van der Waals surface area contributed by atoms with Gasteiger partial charge in [0.2, 0.25) is 0 Å².